The first-order valence-electron chi connectivity index (χ1n) is 8.11. The molecule has 104 valence electrons. The van der Waals surface area contributed by atoms with Gasteiger partial charge in [-0.1, -0.05) is 38.3 Å². The van der Waals surface area contributed by atoms with E-state index in [1.165, 1.54) is 19.3 Å². The van der Waals surface area contributed by atoms with E-state index in [4.69, 9.17) is 4.74 Å². The zero-order chi connectivity index (χ0) is 13.1. The van der Waals surface area contributed by atoms with Gasteiger partial charge in [0.2, 0.25) is 0 Å². The van der Waals surface area contributed by atoms with Crippen LogP contribution in [0.1, 0.15) is 64.7 Å². The number of fused-ring (bicyclic) bond motifs is 2. The fourth-order valence-corrected chi connectivity index (χ4v) is 5.61. The van der Waals surface area contributed by atoms with Gasteiger partial charge in [-0.25, -0.2) is 0 Å². The Morgan fingerprint density at radius 2 is 1.95 bits per heavy atom. The first kappa shape index (κ1) is 12.1. The molecule has 3 fully saturated rings. The number of ether oxygens (including phenoxy) is 1. The molecule has 0 aromatic heterocycles. The second-order valence-electron chi connectivity index (χ2n) is 7.12. The molecule has 0 radical (unpaired) electrons. The molecule has 2 bridgehead atoms. The summed E-state index contributed by atoms with van der Waals surface area (Å²) >= 11 is 0. The Morgan fingerprint density at radius 3 is 2.68 bits per heavy atom. The molecule has 2 heteroatoms. The molecule has 0 aromatic carbocycles. The van der Waals surface area contributed by atoms with Crippen LogP contribution in [0.2, 0.25) is 0 Å². The van der Waals surface area contributed by atoms with Crippen LogP contribution >= 0.6 is 0 Å². The highest BCUT2D eigenvalue weighted by Gasteiger charge is 2.70. The fraction of sp³-hybridized carbons (Fsp3) is 0.824. The highest BCUT2D eigenvalue weighted by molar-refractivity contribution is 5.94. The fourth-order valence-electron chi connectivity index (χ4n) is 5.61. The van der Waals surface area contributed by atoms with Gasteiger partial charge in [-0.15, -0.1) is 0 Å². The quantitative estimate of drug-likeness (QED) is 0.670. The monoisotopic (exact) mass is 260 g/mol. The third-order valence-corrected chi connectivity index (χ3v) is 6.62. The molecule has 0 N–H and O–H groups in total. The van der Waals surface area contributed by atoms with Gasteiger partial charge in [0.15, 0.2) is 5.78 Å². The standard InChI is InChI=1S/C17H24O2/c1-2-16-10-6-11-17(16)12-7-13(19-17)15(14(16)18)8-4-3-5-9-15/h7,12-13H,2-6,8-11H2,1H3/t13-,16-,17+/m0/s1. The summed E-state index contributed by atoms with van der Waals surface area (Å²) in [5.74, 6) is 0.570. The van der Waals surface area contributed by atoms with Crippen molar-refractivity contribution in [2.24, 2.45) is 10.8 Å². The summed E-state index contributed by atoms with van der Waals surface area (Å²) in [4.78, 5) is 13.5. The molecule has 2 spiro atoms. The molecule has 19 heavy (non-hydrogen) atoms. The number of hydrogen-bond acceptors (Lipinski definition) is 2. The van der Waals surface area contributed by atoms with Gasteiger partial charge in [0.1, 0.15) is 0 Å². The topological polar surface area (TPSA) is 26.3 Å². The summed E-state index contributed by atoms with van der Waals surface area (Å²) in [6.07, 6.45) is 14.6. The summed E-state index contributed by atoms with van der Waals surface area (Å²) in [6.45, 7) is 2.19. The van der Waals surface area contributed by atoms with Gasteiger partial charge in [-0.05, 0) is 38.5 Å². The lowest BCUT2D eigenvalue weighted by molar-refractivity contribution is -0.201. The maximum atomic E-state index is 13.5. The third kappa shape index (κ3) is 1.20. The molecule has 2 saturated carbocycles. The zero-order valence-electron chi connectivity index (χ0n) is 11.9. The largest absolute Gasteiger partial charge is 0.362 e. The van der Waals surface area contributed by atoms with Crippen LogP contribution in [0.25, 0.3) is 0 Å². The van der Waals surface area contributed by atoms with Crippen LogP contribution in [0, 0.1) is 10.8 Å². The van der Waals surface area contributed by atoms with E-state index in [9.17, 15) is 4.79 Å². The van der Waals surface area contributed by atoms with Crippen molar-refractivity contribution in [1.82, 2.24) is 0 Å². The van der Waals surface area contributed by atoms with Crippen molar-refractivity contribution in [2.75, 3.05) is 0 Å². The smallest absolute Gasteiger partial charge is 0.151 e. The van der Waals surface area contributed by atoms with Crippen LogP contribution in [0.4, 0.5) is 0 Å². The van der Waals surface area contributed by atoms with Crippen LogP contribution in [0.3, 0.4) is 0 Å². The SMILES string of the molecule is CC[C@@]12CCC[C@@]13C=C[C@H](O3)C1(CCCCC1)C2=O. The molecular formula is C17H24O2. The van der Waals surface area contributed by atoms with E-state index in [-0.39, 0.29) is 22.5 Å². The normalized spacial score (nSPS) is 46.8. The number of carbonyl (C=O) groups excluding carboxylic acids is 1. The van der Waals surface area contributed by atoms with E-state index in [1.807, 2.05) is 0 Å². The minimum absolute atomic E-state index is 0.0816. The Hall–Kier alpha value is -0.630. The Balaban J connectivity index is 1.85. The van der Waals surface area contributed by atoms with Gasteiger partial charge in [-0.3, -0.25) is 4.79 Å². The molecular weight excluding hydrogens is 236 g/mol. The van der Waals surface area contributed by atoms with Crippen molar-refractivity contribution in [3.05, 3.63) is 12.2 Å². The van der Waals surface area contributed by atoms with E-state index in [0.717, 1.165) is 38.5 Å². The van der Waals surface area contributed by atoms with Gasteiger partial charge >= 0.3 is 0 Å². The summed E-state index contributed by atoms with van der Waals surface area (Å²) in [7, 11) is 0. The molecule has 2 aliphatic carbocycles. The minimum atomic E-state index is -0.230. The predicted molar refractivity (Wildman–Crippen MR) is 73.8 cm³/mol. The molecule has 0 aromatic rings. The second kappa shape index (κ2) is 3.72. The molecule has 1 saturated heterocycles. The lowest BCUT2D eigenvalue weighted by atomic mass is 9.56. The van der Waals surface area contributed by atoms with Gasteiger partial charge in [0.05, 0.1) is 22.5 Å². The first-order valence-corrected chi connectivity index (χ1v) is 8.11. The Kier molecular flexibility index (Phi) is 2.38. The summed E-state index contributed by atoms with van der Waals surface area (Å²) in [5.41, 5.74) is -0.602. The first-order chi connectivity index (χ1) is 9.19. The van der Waals surface area contributed by atoms with Crippen molar-refractivity contribution in [1.29, 1.82) is 0 Å². The molecule has 0 amide bonds. The number of Topliss-reactive ketones (excluding diaryl/α,β-unsaturated/α-hetero) is 1. The number of ketones is 1. The van der Waals surface area contributed by atoms with Gasteiger partial charge in [-0.2, -0.15) is 0 Å². The number of hydrogen-bond donors (Lipinski definition) is 0. The predicted octanol–water partition coefficient (Wildman–Crippen LogP) is 3.79. The molecule has 2 aliphatic heterocycles. The maximum Gasteiger partial charge on any atom is 0.151 e. The Labute approximate surface area is 115 Å². The van der Waals surface area contributed by atoms with E-state index >= 15 is 0 Å². The Bertz CT molecular complexity index is 446. The van der Waals surface area contributed by atoms with Gasteiger partial charge in [0, 0.05) is 0 Å². The highest BCUT2D eigenvalue weighted by atomic mass is 16.5. The lowest BCUT2D eigenvalue weighted by Gasteiger charge is -2.54. The molecule has 4 aliphatic rings. The summed E-state index contributed by atoms with van der Waals surface area (Å²) < 4.78 is 6.53. The third-order valence-electron chi connectivity index (χ3n) is 6.62. The highest BCUT2D eigenvalue weighted by Crippen LogP contribution is 2.65. The minimum Gasteiger partial charge on any atom is -0.362 e. The summed E-state index contributed by atoms with van der Waals surface area (Å²) in [5, 5.41) is 0. The zero-order valence-corrected chi connectivity index (χ0v) is 11.9. The van der Waals surface area contributed by atoms with Crippen molar-refractivity contribution < 1.29 is 9.53 Å². The van der Waals surface area contributed by atoms with Crippen LogP contribution in [-0.4, -0.2) is 17.5 Å². The van der Waals surface area contributed by atoms with Crippen molar-refractivity contribution in [3.63, 3.8) is 0 Å². The molecule has 0 unspecified atom stereocenters. The number of carbonyl (C=O) groups is 1. The van der Waals surface area contributed by atoms with Crippen LogP contribution in [0.5, 0.6) is 0 Å². The van der Waals surface area contributed by atoms with E-state index in [2.05, 4.69) is 19.1 Å². The molecule has 2 nitrogen and oxygen atoms in total. The van der Waals surface area contributed by atoms with Crippen molar-refractivity contribution in [3.8, 4) is 0 Å². The van der Waals surface area contributed by atoms with Gasteiger partial charge < -0.3 is 4.74 Å². The van der Waals surface area contributed by atoms with Crippen LogP contribution < -0.4 is 0 Å². The molecule has 3 atom stereocenters. The molecule has 2 heterocycles. The molecule has 4 rings (SSSR count). The van der Waals surface area contributed by atoms with E-state index in [0.29, 0.717) is 5.78 Å². The van der Waals surface area contributed by atoms with Gasteiger partial charge in [0.25, 0.3) is 0 Å². The Morgan fingerprint density at radius 1 is 1.16 bits per heavy atom. The van der Waals surface area contributed by atoms with Crippen LogP contribution in [-0.2, 0) is 9.53 Å². The van der Waals surface area contributed by atoms with E-state index in [1.54, 1.807) is 0 Å². The maximum absolute atomic E-state index is 13.5. The lowest BCUT2D eigenvalue weighted by Crippen LogP contribution is -2.62. The summed E-state index contributed by atoms with van der Waals surface area (Å²) in [6, 6.07) is 0. The average molecular weight is 260 g/mol. The van der Waals surface area contributed by atoms with E-state index < -0.39 is 0 Å². The van der Waals surface area contributed by atoms with Crippen molar-refractivity contribution in [2.45, 2.75) is 76.4 Å². The van der Waals surface area contributed by atoms with Crippen LogP contribution in [0.15, 0.2) is 12.2 Å². The number of rotatable bonds is 1. The second-order valence-corrected chi connectivity index (χ2v) is 7.12. The average Bonchev–Trinajstić information content (AvgIpc) is 3.04. The van der Waals surface area contributed by atoms with Crippen molar-refractivity contribution >= 4 is 5.78 Å².